The smallest absolute Gasteiger partial charge is 0.0748 e. The van der Waals surface area contributed by atoms with Crippen LogP contribution in [-0.2, 0) is 0 Å². The van der Waals surface area contributed by atoms with Crippen LogP contribution in [0.2, 0.25) is 0 Å². The summed E-state index contributed by atoms with van der Waals surface area (Å²) in [7, 11) is 0. The van der Waals surface area contributed by atoms with E-state index in [9.17, 15) is 0 Å². The summed E-state index contributed by atoms with van der Waals surface area (Å²) < 4.78 is 0. The van der Waals surface area contributed by atoms with Crippen LogP contribution in [0, 0.1) is 6.92 Å². The van der Waals surface area contributed by atoms with Crippen molar-refractivity contribution in [3.05, 3.63) is 35.4 Å². The van der Waals surface area contributed by atoms with Crippen molar-refractivity contribution in [2.24, 2.45) is 4.99 Å². The third-order valence-corrected chi connectivity index (χ3v) is 3.28. The third-order valence-electron chi connectivity index (χ3n) is 3.28. The molecule has 1 heterocycles. The van der Waals surface area contributed by atoms with Crippen molar-refractivity contribution in [1.82, 2.24) is 0 Å². The van der Waals surface area contributed by atoms with Crippen molar-refractivity contribution in [2.45, 2.75) is 52.0 Å². The third kappa shape index (κ3) is 2.72. The molecule has 1 heteroatoms. The maximum atomic E-state index is 4.89. The van der Waals surface area contributed by atoms with Crippen LogP contribution in [-0.4, -0.2) is 5.71 Å². The highest BCUT2D eigenvalue weighted by Crippen LogP contribution is 2.29. The molecule has 0 aliphatic carbocycles. The van der Waals surface area contributed by atoms with Gasteiger partial charge in [0, 0.05) is 5.71 Å². The van der Waals surface area contributed by atoms with Crippen LogP contribution in [0.5, 0.6) is 0 Å². The fourth-order valence-corrected chi connectivity index (χ4v) is 2.36. The Balaban J connectivity index is 2.14. The molecule has 2 rings (SSSR count). The number of hydrogen-bond acceptors (Lipinski definition) is 1. The molecule has 1 aromatic carbocycles. The summed E-state index contributed by atoms with van der Waals surface area (Å²) in [5, 5.41) is 0. The second kappa shape index (κ2) is 5.29. The molecular weight excluding hydrogens is 194 g/mol. The van der Waals surface area contributed by atoms with E-state index in [1.54, 1.807) is 0 Å². The summed E-state index contributed by atoms with van der Waals surface area (Å²) in [6.45, 7) is 4.37. The van der Waals surface area contributed by atoms with E-state index in [4.69, 9.17) is 4.99 Å². The van der Waals surface area contributed by atoms with Crippen LogP contribution in [0.4, 0.5) is 0 Å². The van der Waals surface area contributed by atoms with Crippen LogP contribution in [0.25, 0.3) is 0 Å². The Labute approximate surface area is 98.6 Å². The van der Waals surface area contributed by atoms with Crippen LogP contribution in [0.15, 0.2) is 29.3 Å². The van der Waals surface area contributed by atoms with Gasteiger partial charge in [0.1, 0.15) is 0 Å². The standard InChI is InChI=1S/C15H21N/c1-3-5-14-6-4-7-15(16-14)13-10-8-12(2)9-11-13/h8-11,15H,3-7H2,1-2H3. The minimum atomic E-state index is 0.427. The molecule has 86 valence electrons. The maximum absolute atomic E-state index is 4.89. The highest BCUT2D eigenvalue weighted by Gasteiger charge is 2.15. The maximum Gasteiger partial charge on any atom is 0.0748 e. The lowest BCUT2D eigenvalue weighted by Crippen LogP contribution is -2.09. The number of nitrogens with zero attached hydrogens (tertiary/aromatic N) is 1. The van der Waals surface area contributed by atoms with E-state index in [2.05, 4.69) is 38.1 Å². The Morgan fingerprint density at radius 2 is 2.00 bits per heavy atom. The molecule has 0 radical (unpaired) electrons. The predicted molar refractivity (Wildman–Crippen MR) is 70.1 cm³/mol. The van der Waals surface area contributed by atoms with Gasteiger partial charge in [0.2, 0.25) is 0 Å². The van der Waals surface area contributed by atoms with Gasteiger partial charge >= 0.3 is 0 Å². The summed E-state index contributed by atoms with van der Waals surface area (Å²) in [6, 6.07) is 9.28. The van der Waals surface area contributed by atoms with E-state index in [1.807, 2.05) is 0 Å². The first-order valence-electron chi connectivity index (χ1n) is 6.41. The van der Waals surface area contributed by atoms with Crippen LogP contribution in [0.1, 0.15) is 56.2 Å². The van der Waals surface area contributed by atoms with Gasteiger partial charge in [0.15, 0.2) is 0 Å². The molecule has 16 heavy (non-hydrogen) atoms. The number of hydrogen-bond donors (Lipinski definition) is 0. The van der Waals surface area contributed by atoms with Crippen LogP contribution < -0.4 is 0 Å². The molecule has 1 aromatic rings. The molecule has 0 fully saturated rings. The summed E-state index contributed by atoms with van der Waals surface area (Å²) in [6.07, 6.45) is 6.14. The number of benzene rings is 1. The van der Waals surface area contributed by atoms with Crippen molar-refractivity contribution in [3.63, 3.8) is 0 Å². The highest BCUT2D eigenvalue weighted by molar-refractivity contribution is 5.85. The van der Waals surface area contributed by atoms with Crippen molar-refractivity contribution < 1.29 is 0 Å². The van der Waals surface area contributed by atoms with Gasteiger partial charge in [-0.05, 0) is 38.2 Å². The van der Waals surface area contributed by atoms with Crippen LogP contribution in [0.3, 0.4) is 0 Å². The summed E-state index contributed by atoms with van der Waals surface area (Å²) >= 11 is 0. The molecule has 0 N–H and O–H groups in total. The summed E-state index contributed by atoms with van der Waals surface area (Å²) in [4.78, 5) is 4.89. The lowest BCUT2D eigenvalue weighted by molar-refractivity contribution is 0.589. The molecule has 0 saturated carbocycles. The van der Waals surface area contributed by atoms with Crippen LogP contribution >= 0.6 is 0 Å². The van der Waals surface area contributed by atoms with Crippen molar-refractivity contribution in [1.29, 1.82) is 0 Å². The zero-order valence-corrected chi connectivity index (χ0v) is 10.4. The predicted octanol–water partition coefficient (Wildman–Crippen LogP) is 4.46. The van der Waals surface area contributed by atoms with Crippen molar-refractivity contribution >= 4 is 5.71 Å². The molecule has 0 amide bonds. The molecule has 0 saturated heterocycles. The first-order valence-corrected chi connectivity index (χ1v) is 6.41. The number of aliphatic imine (C=N–C) groups is 1. The fourth-order valence-electron chi connectivity index (χ4n) is 2.36. The van der Waals surface area contributed by atoms with E-state index in [0.29, 0.717) is 6.04 Å². The first kappa shape index (κ1) is 11.4. The van der Waals surface area contributed by atoms with Crippen molar-refractivity contribution in [2.75, 3.05) is 0 Å². The Morgan fingerprint density at radius 1 is 1.25 bits per heavy atom. The highest BCUT2D eigenvalue weighted by atomic mass is 14.8. The Kier molecular flexibility index (Phi) is 3.76. The summed E-state index contributed by atoms with van der Waals surface area (Å²) in [5.74, 6) is 0. The van der Waals surface area contributed by atoms with Gasteiger partial charge in [-0.15, -0.1) is 0 Å². The first-order chi connectivity index (χ1) is 7.79. The van der Waals surface area contributed by atoms with E-state index in [1.165, 1.54) is 48.9 Å². The van der Waals surface area contributed by atoms with E-state index in [-0.39, 0.29) is 0 Å². The molecular formula is C15H21N. The van der Waals surface area contributed by atoms with Gasteiger partial charge in [0.25, 0.3) is 0 Å². The largest absolute Gasteiger partial charge is 0.286 e. The second-order valence-electron chi connectivity index (χ2n) is 4.76. The minimum absolute atomic E-state index is 0.427. The fraction of sp³-hybridized carbons (Fsp3) is 0.533. The summed E-state index contributed by atoms with van der Waals surface area (Å²) in [5.41, 5.74) is 4.15. The molecule has 1 atom stereocenters. The van der Waals surface area contributed by atoms with Gasteiger partial charge in [-0.25, -0.2) is 0 Å². The lowest BCUT2D eigenvalue weighted by Gasteiger charge is -2.20. The van der Waals surface area contributed by atoms with E-state index < -0.39 is 0 Å². The normalized spacial score (nSPS) is 20.6. The Hall–Kier alpha value is -1.11. The second-order valence-corrected chi connectivity index (χ2v) is 4.76. The molecule has 0 bridgehead atoms. The van der Waals surface area contributed by atoms with Crippen molar-refractivity contribution in [3.8, 4) is 0 Å². The number of aryl methyl sites for hydroxylation is 1. The topological polar surface area (TPSA) is 12.4 Å². The van der Waals surface area contributed by atoms with E-state index in [0.717, 1.165) is 0 Å². The average molecular weight is 215 g/mol. The Morgan fingerprint density at radius 3 is 2.69 bits per heavy atom. The van der Waals surface area contributed by atoms with Gasteiger partial charge in [0.05, 0.1) is 6.04 Å². The quantitative estimate of drug-likeness (QED) is 0.706. The zero-order valence-electron chi connectivity index (χ0n) is 10.4. The molecule has 1 nitrogen and oxygen atoms in total. The zero-order chi connectivity index (χ0) is 11.4. The molecule has 1 aliphatic rings. The molecule has 1 aliphatic heterocycles. The number of rotatable bonds is 3. The van der Waals surface area contributed by atoms with Gasteiger partial charge in [-0.1, -0.05) is 43.2 Å². The van der Waals surface area contributed by atoms with E-state index >= 15 is 0 Å². The van der Waals surface area contributed by atoms with Gasteiger partial charge in [-0.2, -0.15) is 0 Å². The lowest BCUT2D eigenvalue weighted by atomic mass is 9.95. The molecule has 0 aromatic heterocycles. The van der Waals surface area contributed by atoms with Gasteiger partial charge in [-0.3, -0.25) is 4.99 Å². The van der Waals surface area contributed by atoms with Gasteiger partial charge < -0.3 is 0 Å². The SMILES string of the molecule is CCCC1=NC(c2ccc(C)cc2)CCC1. The monoisotopic (exact) mass is 215 g/mol. The Bertz CT molecular complexity index is 362. The molecule has 1 unspecified atom stereocenters. The molecule has 0 spiro atoms. The average Bonchev–Trinajstić information content (AvgIpc) is 2.31. The minimum Gasteiger partial charge on any atom is -0.286 e.